The highest BCUT2D eigenvalue weighted by molar-refractivity contribution is 7.87. The highest BCUT2D eigenvalue weighted by Crippen LogP contribution is 2.29. The standard InChI is InChI=1S/C13H7ClN2O5S/c14-10-4-5-13(12(7-10)16(17)18)22(19,20)21-11-3-1-2-9(6-11)8-15/h1-7H. The lowest BCUT2D eigenvalue weighted by Gasteiger charge is -2.07. The Morgan fingerprint density at radius 3 is 2.59 bits per heavy atom. The number of nitrogens with zero attached hydrogens (tertiary/aromatic N) is 2. The van der Waals surface area contributed by atoms with Crippen LogP contribution in [0.1, 0.15) is 5.56 Å². The van der Waals surface area contributed by atoms with Crippen LogP contribution in [0, 0.1) is 21.4 Å². The summed E-state index contributed by atoms with van der Waals surface area (Å²) in [6.45, 7) is 0. The third-order valence-electron chi connectivity index (χ3n) is 2.56. The third-order valence-corrected chi connectivity index (χ3v) is 4.09. The minimum absolute atomic E-state index is 0.0251. The van der Waals surface area contributed by atoms with Crippen LogP contribution in [-0.4, -0.2) is 13.3 Å². The summed E-state index contributed by atoms with van der Waals surface area (Å²) in [6.07, 6.45) is 0. The van der Waals surface area contributed by atoms with Gasteiger partial charge in [-0.1, -0.05) is 17.7 Å². The summed E-state index contributed by atoms with van der Waals surface area (Å²) in [7, 11) is -4.44. The van der Waals surface area contributed by atoms with Gasteiger partial charge in [-0.15, -0.1) is 0 Å². The minimum Gasteiger partial charge on any atom is -0.379 e. The number of nitriles is 1. The maximum atomic E-state index is 12.2. The molecule has 0 radical (unpaired) electrons. The molecule has 0 aliphatic rings. The van der Waals surface area contributed by atoms with Crippen molar-refractivity contribution in [3.63, 3.8) is 0 Å². The van der Waals surface area contributed by atoms with Crippen LogP contribution in [-0.2, 0) is 10.1 Å². The molecule has 0 aliphatic carbocycles. The van der Waals surface area contributed by atoms with Crippen LogP contribution in [0.5, 0.6) is 5.75 Å². The van der Waals surface area contributed by atoms with Gasteiger partial charge < -0.3 is 4.18 Å². The first-order chi connectivity index (χ1) is 10.3. The highest BCUT2D eigenvalue weighted by atomic mass is 35.5. The Labute approximate surface area is 130 Å². The zero-order valence-electron chi connectivity index (χ0n) is 10.8. The Bertz CT molecular complexity index is 890. The molecule has 2 rings (SSSR count). The van der Waals surface area contributed by atoms with E-state index in [2.05, 4.69) is 0 Å². The van der Waals surface area contributed by atoms with Crippen LogP contribution in [0.2, 0.25) is 5.02 Å². The molecule has 2 aromatic carbocycles. The predicted molar refractivity (Wildman–Crippen MR) is 77.1 cm³/mol. The van der Waals surface area contributed by atoms with E-state index in [0.29, 0.717) is 0 Å². The van der Waals surface area contributed by atoms with E-state index < -0.39 is 25.6 Å². The number of benzene rings is 2. The summed E-state index contributed by atoms with van der Waals surface area (Å²) in [5.74, 6) is -0.122. The van der Waals surface area contributed by atoms with Gasteiger partial charge in [-0.25, -0.2) is 0 Å². The van der Waals surface area contributed by atoms with Crippen molar-refractivity contribution in [1.29, 1.82) is 5.26 Å². The highest BCUT2D eigenvalue weighted by Gasteiger charge is 2.28. The summed E-state index contributed by atoms with van der Waals surface area (Å²) in [5.41, 5.74) is -0.498. The Hall–Kier alpha value is -2.63. The average Bonchev–Trinajstić information content (AvgIpc) is 2.46. The molecule has 0 N–H and O–H groups in total. The Morgan fingerprint density at radius 2 is 1.95 bits per heavy atom. The second kappa shape index (κ2) is 6.01. The lowest BCUT2D eigenvalue weighted by molar-refractivity contribution is -0.387. The van der Waals surface area contributed by atoms with Gasteiger partial charge in [-0.2, -0.15) is 13.7 Å². The average molecular weight is 339 g/mol. The number of halogens is 1. The first-order valence-corrected chi connectivity index (χ1v) is 7.51. The molecule has 7 nitrogen and oxygen atoms in total. The number of nitro benzene ring substituents is 1. The molecule has 0 heterocycles. The van der Waals surface area contributed by atoms with Crippen LogP contribution < -0.4 is 4.18 Å². The number of hydrogen-bond acceptors (Lipinski definition) is 6. The molecule has 22 heavy (non-hydrogen) atoms. The molecule has 0 bridgehead atoms. The maximum absolute atomic E-state index is 12.2. The van der Waals surface area contributed by atoms with Crippen molar-refractivity contribution < 1.29 is 17.5 Å². The van der Waals surface area contributed by atoms with Crippen molar-refractivity contribution >= 4 is 27.4 Å². The van der Waals surface area contributed by atoms with E-state index in [0.717, 1.165) is 12.1 Å². The number of rotatable bonds is 4. The first-order valence-electron chi connectivity index (χ1n) is 5.72. The number of nitro groups is 1. The van der Waals surface area contributed by atoms with Gasteiger partial charge in [-0.3, -0.25) is 10.1 Å². The summed E-state index contributed by atoms with van der Waals surface area (Å²) in [5, 5.41) is 19.7. The number of hydrogen-bond donors (Lipinski definition) is 0. The summed E-state index contributed by atoms with van der Waals surface area (Å²) in [6, 6.07) is 10.4. The molecule has 0 fully saturated rings. The molecule has 9 heteroatoms. The smallest absolute Gasteiger partial charge is 0.346 e. The first kappa shape index (κ1) is 15.8. The zero-order chi connectivity index (χ0) is 16.3. The van der Waals surface area contributed by atoms with Gasteiger partial charge in [0.25, 0.3) is 5.69 Å². The fourth-order valence-electron chi connectivity index (χ4n) is 1.63. The van der Waals surface area contributed by atoms with E-state index >= 15 is 0 Å². The predicted octanol–water partition coefficient (Wildman–Crippen LogP) is 2.89. The van der Waals surface area contributed by atoms with Crippen molar-refractivity contribution in [2.45, 2.75) is 4.90 Å². The Kier molecular flexibility index (Phi) is 4.30. The van der Waals surface area contributed by atoms with E-state index in [4.69, 9.17) is 21.0 Å². The monoisotopic (exact) mass is 338 g/mol. The zero-order valence-corrected chi connectivity index (χ0v) is 12.3. The fraction of sp³-hybridized carbons (Fsp3) is 0. The summed E-state index contributed by atoms with van der Waals surface area (Å²) in [4.78, 5) is 9.47. The van der Waals surface area contributed by atoms with Crippen molar-refractivity contribution in [2.24, 2.45) is 0 Å². The molecule has 0 saturated heterocycles. The second-order valence-electron chi connectivity index (χ2n) is 4.05. The van der Waals surface area contributed by atoms with Gasteiger partial charge in [0.1, 0.15) is 5.75 Å². The van der Waals surface area contributed by atoms with Crippen molar-refractivity contribution in [1.82, 2.24) is 0 Å². The van der Waals surface area contributed by atoms with E-state index in [1.165, 1.54) is 30.3 Å². The van der Waals surface area contributed by atoms with Crippen LogP contribution >= 0.6 is 11.6 Å². The largest absolute Gasteiger partial charge is 0.379 e. The third kappa shape index (κ3) is 3.33. The van der Waals surface area contributed by atoms with E-state index in [9.17, 15) is 18.5 Å². The molecule has 0 saturated carbocycles. The molecule has 0 amide bonds. The molecule has 0 aromatic heterocycles. The van der Waals surface area contributed by atoms with Crippen LogP contribution in [0.25, 0.3) is 0 Å². The Morgan fingerprint density at radius 1 is 1.23 bits per heavy atom. The fourth-order valence-corrected chi connectivity index (χ4v) is 2.87. The van der Waals surface area contributed by atoms with Crippen molar-refractivity contribution in [3.05, 3.63) is 63.2 Å². The SMILES string of the molecule is N#Cc1cccc(OS(=O)(=O)c2ccc(Cl)cc2[N+](=O)[O-])c1. The normalized spacial score (nSPS) is 10.7. The van der Waals surface area contributed by atoms with Gasteiger partial charge in [-0.05, 0) is 30.3 Å². The molecule has 0 spiro atoms. The molecule has 0 unspecified atom stereocenters. The van der Waals surface area contributed by atoms with Gasteiger partial charge in [0.2, 0.25) is 0 Å². The van der Waals surface area contributed by atoms with E-state index in [-0.39, 0.29) is 16.3 Å². The van der Waals surface area contributed by atoms with E-state index in [1.54, 1.807) is 0 Å². The van der Waals surface area contributed by atoms with Crippen LogP contribution in [0.4, 0.5) is 5.69 Å². The second-order valence-corrected chi connectivity index (χ2v) is 6.00. The lowest BCUT2D eigenvalue weighted by Crippen LogP contribution is -2.12. The quantitative estimate of drug-likeness (QED) is 0.481. The molecule has 0 atom stereocenters. The maximum Gasteiger partial charge on any atom is 0.346 e. The van der Waals surface area contributed by atoms with Gasteiger partial charge in [0.15, 0.2) is 4.90 Å². The van der Waals surface area contributed by atoms with Gasteiger partial charge in [0, 0.05) is 11.1 Å². The Balaban J connectivity index is 2.47. The lowest BCUT2D eigenvalue weighted by atomic mass is 10.2. The topological polar surface area (TPSA) is 110 Å². The minimum atomic E-state index is -4.44. The van der Waals surface area contributed by atoms with Crippen LogP contribution in [0.15, 0.2) is 47.4 Å². The summed E-state index contributed by atoms with van der Waals surface area (Å²) >= 11 is 5.63. The van der Waals surface area contributed by atoms with Gasteiger partial charge in [0.05, 0.1) is 16.6 Å². The van der Waals surface area contributed by atoms with E-state index in [1.807, 2.05) is 6.07 Å². The molecule has 0 aliphatic heterocycles. The van der Waals surface area contributed by atoms with Crippen molar-refractivity contribution in [2.75, 3.05) is 0 Å². The molecular formula is C13H7ClN2O5S. The molecule has 112 valence electrons. The molecular weight excluding hydrogens is 332 g/mol. The van der Waals surface area contributed by atoms with Crippen molar-refractivity contribution in [3.8, 4) is 11.8 Å². The molecule has 2 aromatic rings. The van der Waals surface area contributed by atoms with Gasteiger partial charge >= 0.3 is 10.1 Å². The van der Waals surface area contributed by atoms with Crippen LogP contribution in [0.3, 0.4) is 0 Å². The summed E-state index contributed by atoms with van der Waals surface area (Å²) < 4.78 is 29.2.